The molecule has 1 N–H and O–H groups in total. The number of nitriles is 1. The molecule has 0 aliphatic carbocycles. The van der Waals surface area contributed by atoms with Crippen molar-refractivity contribution < 1.29 is 19.1 Å². The molecule has 11 heteroatoms. The molecule has 0 atom stereocenters. The van der Waals surface area contributed by atoms with Crippen molar-refractivity contribution in [1.29, 1.82) is 5.26 Å². The van der Waals surface area contributed by atoms with Crippen molar-refractivity contribution in [2.75, 3.05) is 17.7 Å². The maximum Gasteiger partial charge on any atom is 0.353 e. The van der Waals surface area contributed by atoms with Gasteiger partial charge in [-0.3, -0.25) is 10.1 Å². The van der Waals surface area contributed by atoms with E-state index >= 15 is 0 Å². The predicted molar refractivity (Wildman–Crippen MR) is 125 cm³/mol. The van der Waals surface area contributed by atoms with Crippen LogP contribution in [0, 0.1) is 11.3 Å². The number of benzene rings is 1. The Morgan fingerprint density at radius 2 is 2.12 bits per heavy atom. The van der Waals surface area contributed by atoms with Crippen molar-refractivity contribution in [3.05, 3.63) is 51.7 Å². The van der Waals surface area contributed by atoms with Crippen molar-refractivity contribution in [3.8, 4) is 17.6 Å². The summed E-state index contributed by atoms with van der Waals surface area (Å²) in [6.07, 6.45) is 1.42. The van der Waals surface area contributed by atoms with Crippen LogP contribution in [0.1, 0.15) is 29.1 Å². The number of rotatable bonds is 9. The van der Waals surface area contributed by atoms with Crippen LogP contribution in [0.25, 0.3) is 6.08 Å². The van der Waals surface area contributed by atoms with E-state index in [4.69, 9.17) is 9.47 Å². The normalized spacial score (nSPS) is 11.0. The van der Waals surface area contributed by atoms with Crippen molar-refractivity contribution >= 4 is 57.7 Å². The average molecular weight is 487 g/mol. The summed E-state index contributed by atoms with van der Waals surface area (Å²) in [5.74, 6) is 0.310. The number of amides is 1. The summed E-state index contributed by atoms with van der Waals surface area (Å²) in [6.45, 7) is 4.12. The molecule has 3 rings (SSSR count). The lowest BCUT2D eigenvalue weighted by Gasteiger charge is -2.11. The first kappa shape index (κ1) is 23.5. The number of ether oxygens (including phenoxy) is 2. The fraction of sp³-hybridized carbons (Fsp3) is 0.190. The first-order valence-corrected chi connectivity index (χ1v) is 12.1. The Balaban J connectivity index is 1.78. The lowest BCUT2D eigenvalue weighted by Crippen LogP contribution is -2.13. The van der Waals surface area contributed by atoms with Crippen LogP contribution in [0.5, 0.6) is 11.5 Å². The van der Waals surface area contributed by atoms with Crippen LogP contribution in [0.3, 0.4) is 0 Å². The Kier molecular flexibility index (Phi) is 8.38. The second-order valence-corrected chi connectivity index (χ2v) is 8.88. The highest BCUT2D eigenvalue weighted by Crippen LogP contribution is 2.30. The molecule has 0 bridgehead atoms. The zero-order valence-corrected chi connectivity index (χ0v) is 19.6. The molecule has 0 aliphatic heterocycles. The van der Waals surface area contributed by atoms with Gasteiger partial charge in [0, 0.05) is 11.5 Å². The van der Waals surface area contributed by atoms with E-state index in [-0.39, 0.29) is 11.3 Å². The zero-order valence-electron chi connectivity index (χ0n) is 17.2. The summed E-state index contributed by atoms with van der Waals surface area (Å²) in [4.78, 5) is 29.4. The van der Waals surface area contributed by atoms with Crippen LogP contribution < -0.4 is 14.8 Å². The summed E-state index contributed by atoms with van der Waals surface area (Å²) >= 11 is 3.78. The van der Waals surface area contributed by atoms with Crippen molar-refractivity contribution in [2.24, 2.45) is 0 Å². The molecule has 0 saturated heterocycles. The maximum atomic E-state index is 12.5. The van der Waals surface area contributed by atoms with E-state index in [0.717, 1.165) is 17.3 Å². The van der Waals surface area contributed by atoms with Gasteiger partial charge in [0.25, 0.3) is 5.91 Å². The van der Waals surface area contributed by atoms with Gasteiger partial charge in [0.2, 0.25) is 10.3 Å². The third-order valence-corrected chi connectivity index (χ3v) is 6.10. The van der Waals surface area contributed by atoms with E-state index in [1.807, 2.05) is 13.0 Å². The molecular weight excluding hydrogens is 468 g/mol. The van der Waals surface area contributed by atoms with Crippen LogP contribution in [0.4, 0.5) is 5.13 Å². The summed E-state index contributed by atoms with van der Waals surface area (Å²) in [5, 5.41) is 14.7. The Labute approximate surface area is 197 Å². The molecule has 0 unspecified atom stereocenters. The summed E-state index contributed by atoms with van der Waals surface area (Å²) in [7, 11) is 0. The largest absolute Gasteiger partial charge is 0.490 e. The minimum Gasteiger partial charge on any atom is -0.490 e. The van der Waals surface area contributed by atoms with E-state index < -0.39 is 11.9 Å². The summed E-state index contributed by atoms with van der Waals surface area (Å²) < 4.78 is 15.2. The van der Waals surface area contributed by atoms with Gasteiger partial charge in [0.05, 0.1) is 6.61 Å². The minimum atomic E-state index is -0.595. The van der Waals surface area contributed by atoms with Crippen molar-refractivity contribution in [3.63, 3.8) is 0 Å². The van der Waals surface area contributed by atoms with E-state index in [2.05, 4.69) is 14.7 Å². The first-order valence-electron chi connectivity index (χ1n) is 9.46. The first-order chi connectivity index (χ1) is 15.5. The molecule has 0 spiro atoms. The number of thiophene rings is 1. The number of carbonyl (C=O) groups excluding carboxylic acids is 2. The third-order valence-electron chi connectivity index (χ3n) is 3.77. The number of hydrogen-bond acceptors (Lipinski definition) is 10. The molecule has 1 amide bonds. The number of esters is 1. The molecule has 3 aromatic rings. The molecule has 0 aliphatic rings. The second-order valence-electron chi connectivity index (χ2n) is 5.95. The molecule has 2 heterocycles. The van der Waals surface area contributed by atoms with Gasteiger partial charge >= 0.3 is 5.97 Å². The number of thioether (sulfide) groups is 1. The monoisotopic (exact) mass is 486 g/mol. The van der Waals surface area contributed by atoms with Gasteiger partial charge in [-0.1, -0.05) is 30.8 Å². The Morgan fingerprint density at radius 1 is 1.28 bits per heavy atom. The zero-order chi connectivity index (χ0) is 22.9. The average Bonchev–Trinajstić information content (AvgIpc) is 3.46. The van der Waals surface area contributed by atoms with Crippen molar-refractivity contribution in [2.45, 2.75) is 19.0 Å². The molecule has 2 aromatic heterocycles. The standard InChI is InChI=1S/C21H18N4O4S3/c1-3-28-16-11-13(7-8-15(16)29-19(27)17-6-5-9-31-17)10-14(12-22)18(26)23-20-24-21(25-32-20)30-4-2/h5-11H,3-4H2,1-2H3,(H,23,24,25,26)/b14-10-. The summed E-state index contributed by atoms with van der Waals surface area (Å²) in [6, 6.07) is 10.1. The van der Waals surface area contributed by atoms with Crippen LogP contribution in [-0.2, 0) is 4.79 Å². The number of carbonyl (C=O) groups is 2. The predicted octanol–water partition coefficient (Wildman–Crippen LogP) is 4.88. The Hall–Kier alpha value is -3.20. The van der Waals surface area contributed by atoms with Crippen LogP contribution in [0.15, 0.2) is 46.4 Å². The Morgan fingerprint density at radius 3 is 2.81 bits per heavy atom. The van der Waals surface area contributed by atoms with Gasteiger partial charge in [-0.05, 0) is 47.9 Å². The second kappa shape index (κ2) is 11.4. The molecule has 0 saturated carbocycles. The number of anilines is 1. The molecule has 0 fully saturated rings. The lowest BCUT2D eigenvalue weighted by atomic mass is 10.1. The summed E-state index contributed by atoms with van der Waals surface area (Å²) in [5.41, 5.74) is 0.422. The van der Waals surface area contributed by atoms with E-state index in [1.165, 1.54) is 29.2 Å². The van der Waals surface area contributed by atoms with Crippen molar-refractivity contribution in [1.82, 2.24) is 9.36 Å². The lowest BCUT2D eigenvalue weighted by molar-refractivity contribution is -0.112. The molecule has 32 heavy (non-hydrogen) atoms. The third kappa shape index (κ3) is 6.16. The van der Waals surface area contributed by atoms with Gasteiger partial charge in [-0.15, -0.1) is 11.3 Å². The molecule has 1 aromatic carbocycles. The fourth-order valence-corrected chi connectivity index (χ4v) is 4.30. The van der Waals surface area contributed by atoms with Gasteiger partial charge in [0.15, 0.2) is 11.5 Å². The highest BCUT2D eigenvalue weighted by Gasteiger charge is 2.16. The number of nitrogens with one attached hydrogen (secondary N) is 1. The van der Waals surface area contributed by atoms with Gasteiger partial charge < -0.3 is 9.47 Å². The Bertz CT molecular complexity index is 1170. The van der Waals surface area contributed by atoms with Crippen LogP contribution in [0.2, 0.25) is 0 Å². The minimum absolute atomic E-state index is 0.115. The molecule has 0 radical (unpaired) electrons. The quantitative estimate of drug-likeness (QED) is 0.150. The SMILES string of the molecule is CCOc1cc(/C=C(/C#N)C(=O)Nc2nc(SCC)ns2)ccc1OC(=O)c1cccs1. The number of aromatic nitrogens is 2. The van der Waals surface area contributed by atoms with Crippen LogP contribution in [-0.4, -0.2) is 33.6 Å². The highest BCUT2D eigenvalue weighted by molar-refractivity contribution is 7.99. The molecule has 8 nitrogen and oxygen atoms in total. The van der Waals surface area contributed by atoms with E-state index in [9.17, 15) is 14.9 Å². The van der Waals surface area contributed by atoms with Gasteiger partial charge in [0.1, 0.15) is 16.5 Å². The fourth-order valence-electron chi connectivity index (χ4n) is 2.44. The number of hydrogen-bond donors (Lipinski definition) is 1. The smallest absolute Gasteiger partial charge is 0.353 e. The number of nitrogens with zero attached hydrogens (tertiary/aromatic N) is 3. The molecular formula is C21H18N4O4S3. The topological polar surface area (TPSA) is 114 Å². The maximum absolute atomic E-state index is 12.5. The van der Waals surface area contributed by atoms with Gasteiger partial charge in [-0.25, -0.2) is 4.79 Å². The highest BCUT2D eigenvalue weighted by atomic mass is 32.2. The van der Waals surface area contributed by atoms with E-state index in [1.54, 1.807) is 42.6 Å². The van der Waals surface area contributed by atoms with Gasteiger partial charge in [-0.2, -0.15) is 14.6 Å². The molecule has 164 valence electrons. The van der Waals surface area contributed by atoms with E-state index in [0.29, 0.717) is 33.1 Å². The van der Waals surface area contributed by atoms with Crippen LogP contribution >= 0.6 is 34.6 Å².